The lowest BCUT2D eigenvalue weighted by atomic mass is 10.1. The van der Waals surface area contributed by atoms with Gasteiger partial charge in [-0.05, 0) is 24.1 Å². The maximum absolute atomic E-state index is 11.8. The molecule has 0 aliphatic carbocycles. The molecule has 1 amide bonds. The Kier molecular flexibility index (Phi) is 7.42. The van der Waals surface area contributed by atoms with Crippen LogP contribution in [0.3, 0.4) is 0 Å². The number of carbonyl (C=O) groups is 1. The van der Waals surface area contributed by atoms with Crippen molar-refractivity contribution in [3.63, 3.8) is 0 Å². The quantitative estimate of drug-likeness (QED) is 0.665. The summed E-state index contributed by atoms with van der Waals surface area (Å²) >= 11 is 0. The van der Waals surface area contributed by atoms with Crippen molar-refractivity contribution in [2.75, 3.05) is 11.4 Å². The highest BCUT2D eigenvalue weighted by atomic mass is 16.6. The van der Waals surface area contributed by atoms with Crippen molar-refractivity contribution in [1.29, 1.82) is 0 Å². The third-order valence-electron chi connectivity index (χ3n) is 3.29. The van der Waals surface area contributed by atoms with E-state index in [0.717, 1.165) is 5.56 Å². The minimum atomic E-state index is -0.446. The molecule has 6 nitrogen and oxygen atoms in total. The minimum Gasteiger partial charge on any atom is -0.508 e. The monoisotopic (exact) mass is 330 g/mol. The first kappa shape index (κ1) is 19.2. The van der Waals surface area contributed by atoms with Crippen LogP contribution in [0, 0.1) is 10.1 Å². The molecule has 0 aliphatic heterocycles. The molecule has 1 N–H and O–H groups in total. The van der Waals surface area contributed by atoms with Gasteiger partial charge in [-0.15, -0.1) is 0 Å². The summed E-state index contributed by atoms with van der Waals surface area (Å²) in [6, 6.07) is 12.7. The molecular formula is C18H22N2O4. The maximum Gasteiger partial charge on any atom is 0.269 e. The molecule has 0 heterocycles. The van der Waals surface area contributed by atoms with Gasteiger partial charge >= 0.3 is 0 Å². The first-order valence-electron chi connectivity index (χ1n) is 7.78. The van der Waals surface area contributed by atoms with Crippen molar-refractivity contribution >= 4 is 17.3 Å². The van der Waals surface area contributed by atoms with Gasteiger partial charge in [-0.3, -0.25) is 14.9 Å². The molecule has 0 unspecified atom stereocenters. The number of nitro benzene ring substituents is 1. The van der Waals surface area contributed by atoms with Gasteiger partial charge in [-0.1, -0.05) is 32.0 Å². The van der Waals surface area contributed by atoms with Gasteiger partial charge < -0.3 is 10.0 Å². The normalized spacial score (nSPS) is 9.62. The van der Waals surface area contributed by atoms with Crippen LogP contribution in [-0.4, -0.2) is 22.5 Å². The number of anilines is 1. The summed E-state index contributed by atoms with van der Waals surface area (Å²) in [5.74, 6) is -0.0356. The van der Waals surface area contributed by atoms with Crippen LogP contribution in [0.1, 0.15) is 26.3 Å². The van der Waals surface area contributed by atoms with Crippen molar-refractivity contribution in [2.24, 2.45) is 0 Å². The Bertz CT molecular complexity index is 684. The number of hydrogen-bond donors (Lipinski definition) is 1. The summed E-state index contributed by atoms with van der Waals surface area (Å²) in [6.07, 6.45) is 0.563. The molecule has 0 bridgehead atoms. The highest BCUT2D eigenvalue weighted by Gasteiger charge is 2.12. The lowest BCUT2D eigenvalue weighted by molar-refractivity contribution is -0.384. The van der Waals surface area contributed by atoms with Crippen LogP contribution < -0.4 is 4.90 Å². The molecule has 6 heteroatoms. The van der Waals surface area contributed by atoms with E-state index in [1.165, 1.54) is 31.2 Å². The van der Waals surface area contributed by atoms with E-state index in [0.29, 0.717) is 18.7 Å². The molecule has 2 rings (SSSR count). The maximum atomic E-state index is 11.8. The molecular weight excluding hydrogens is 308 g/mol. The third-order valence-corrected chi connectivity index (χ3v) is 3.29. The molecule has 2 aromatic rings. The average Bonchev–Trinajstić information content (AvgIpc) is 2.57. The zero-order valence-electron chi connectivity index (χ0n) is 14.1. The van der Waals surface area contributed by atoms with Gasteiger partial charge in [-0.25, -0.2) is 0 Å². The van der Waals surface area contributed by atoms with Crippen molar-refractivity contribution in [3.8, 4) is 5.75 Å². The third kappa shape index (κ3) is 5.39. The number of nitrogens with zero attached hydrogens (tertiary/aromatic N) is 2. The number of carbonyl (C=O) groups excluding carboxylic acids is 1. The molecule has 0 radical (unpaired) electrons. The van der Waals surface area contributed by atoms with Crippen molar-refractivity contribution in [3.05, 3.63) is 64.2 Å². The van der Waals surface area contributed by atoms with E-state index >= 15 is 0 Å². The minimum absolute atomic E-state index is 0.0418. The summed E-state index contributed by atoms with van der Waals surface area (Å²) in [7, 11) is 0. The average molecular weight is 330 g/mol. The predicted octanol–water partition coefficient (Wildman–Crippen LogP) is 3.92. The first-order valence-corrected chi connectivity index (χ1v) is 7.78. The van der Waals surface area contributed by atoms with E-state index < -0.39 is 4.92 Å². The van der Waals surface area contributed by atoms with E-state index in [1.807, 2.05) is 13.8 Å². The Hall–Kier alpha value is -2.89. The Morgan fingerprint density at radius 2 is 1.79 bits per heavy atom. The summed E-state index contributed by atoms with van der Waals surface area (Å²) in [5.41, 5.74) is 1.56. The smallest absolute Gasteiger partial charge is 0.269 e. The van der Waals surface area contributed by atoms with Crippen molar-refractivity contribution < 1.29 is 14.8 Å². The van der Waals surface area contributed by atoms with E-state index in [2.05, 4.69) is 0 Å². The fourth-order valence-corrected chi connectivity index (χ4v) is 2.15. The second kappa shape index (κ2) is 9.29. The standard InChI is InChI=1S/C16H16N2O4.C2H6/c1-12(19)17(15-3-2-4-16(20)11-15)10-9-13-5-7-14(8-6-13)18(21)22;1-2/h2-8,11,20H,9-10H2,1H3;1-2H3. The van der Waals surface area contributed by atoms with E-state index in [9.17, 15) is 20.0 Å². The van der Waals surface area contributed by atoms with Gasteiger partial charge in [0.25, 0.3) is 5.69 Å². The number of phenols is 1. The van der Waals surface area contributed by atoms with E-state index in [4.69, 9.17) is 0 Å². The number of hydrogen-bond acceptors (Lipinski definition) is 4. The van der Waals surface area contributed by atoms with Crippen molar-refractivity contribution in [1.82, 2.24) is 0 Å². The van der Waals surface area contributed by atoms with Crippen LogP contribution in [0.5, 0.6) is 5.75 Å². The van der Waals surface area contributed by atoms with Crippen LogP contribution >= 0.6 is 0 Å². The number of rotatable bonds is 5. The van der Waals surface area contributed by atoms with E-state index in [1.54, 1.807) is 29.2 Å². The molecule has 0 aromatic heterocycles. The summed E-state index contributed by atoms with van der Waals surface area (Å²) in [6.45, 7) is 5.89. The van der Waals surface area contributed by atoms with Gasteiger partial charge in [0.15, 0.2) is 0 Å². The summed E-state index contributed by atoms with van der Waals surface area (Å²) in [5, 5.41) is 20.1. The van der Waals surface area contributed by atoms with Crippen LogP contribution in [-0.2, 0) is 11.2 Å². The molecule has 128 valence electrons. The second-order valence-corrected chi connectivity index (χ2v) is 4.86. The number of benzene rings is 2. The number of aromatic hydroxyl groups is 1. The molecule has 0 atom stereocenters. The predicted molar refractivity (Wildman–Crippen MR) is 94.3 cm³/mol. The molecule has 2 aromatic carbocycles. The zero-order valence-corrected chi connectivity index (χ0v) is 14.1. The Balaban J connectivity index is 0.00000139. The SMILES string of the molecule is CC.CC(=O)N(CCc1ccc([N+](=O)[O-])cc1)c1cccc(O)c1. The number of nitro groups is 1. The Morgan fingerprint density at radius 3 is 2.29 bits per heavy atom. The molecule has 0 fully saturated rings. The van der Waals surface area contributed by atoms with Gasteiger partial charge in [0.1, 0.15) is 5.75 Å². The van der Waals surface area contributed by atoms with Gasteiger partial charge in [0.05, 0.1) is 4.92 Å². The van der Waals surface area contributed by atoms with Gasteiger partial charge in [0.2, 0.25) is 5.91 Å². The highest BCUT2D eigenvalue weighted by Crippen LogP contribution is 2.21. The van der Waals surface area contributed by atoms with E-state index in [-0.39, 0.29) is 17.3 Å². The van der Waals surface area contributed by atoms with Gasteiger partial charge in [0, 0.05) is 37.4 Å². The molecule has 0 saturated carbocycles. The Labute approximate surface area is 141 Å². The lowest BCUT2D eigenvalue weighted by Crippen LogP contribution is -2.30. The van der Waals surface area contributed by atoms with Crippen LogP contribution in [0.15, 0.2) is 48.5 Å². The number of phenolic OH excluding ortho intramolecular Hbond substituents is 1. The number of amides is 1. The molecule has 24 heavy (non-hydrogen) atoms. The second-order valence-electron chi connectivity index (χ2n) is 4.86. The highest BCUT2D eigenvalue weighted by molar-refractivity contribution is 5.91. The summed E-state index contributed by atoms with van der Waals surface area (Å²) in [4.78, 5) is 23.5. The lowest BCUT2D eigenvalue weighted by Gasteiger charge is -2.21. The van der Waals surface area contributed by atoms with Crippen LogP contribution in [0.4, 0.5) is 11.4 Å². The number of non-ortho nitro benzene ring substituents is 1. The fourth-order valence-electron chi connectivity index (χ4n) is 2.15. The van der Waals surface area contributed by atoms with Crippen LogP contribution in [0.2, 0.25) is 0 Å². The van der Waals surface area contributed by atoms with Crippen LogP contribution in [0.25, 0.3) is 0 Å². The molecule has 0 saturated heterocycles. The summed E-state index contributed by atoms with van der Waals surface area (Å²) < 4.78 is 0. The topological polar surface area (TPSA) is 83.7 Å². The zero-order chi connectivity index (χ0) is 18.1. The Morgan fingerprint density at radius 1 is 1.17 bits per heavy atom. The van der Waals surface area contributed by atoms with Gasteiger partial charge in [-0.2, -0.15) is 0 Å². The largest absolute Gasteiger partial charge is 0.508 e. The molecule has 0 spiro atoms. The first-order chi connectivity index (χ1) is 11.5. The molecule has 0 aliphatic rings. The fraction of sp³-hybridized carbons (Fsp3) is 0.278. The van der Waals surface area contributed by atoms with Crippen molar-refractivity contribution in [2.45, 2.75) is 27.2 Å².